The van der Waals surface area contributed by atoms with Gasteiger partial charge in [0.25, 0.3) is 0 Å². The highest BCUT2D eigenvalue weighted by molar-refractivity contribution is 7.09. The van der Waals surface area contributed by atoms with Gasteiger partial charge in [0, 0.05) is 18.5 Å². The molecule has 3 rings (SSSR count). The molecule has 3 aromatic rings. The zero-order chi connectivity index (χ0) is 19.9. The molecular formula is C20H25FN6S. The maximum Gasteiger partial charge on any atom is 0.192 e. The van der Waals surface area contributed by atoms with E-state index in [0.29, 0.717) is 25.6 Å². The Labute approximate surface area is 168 Å². The lowest BCUT2D eigenvalue weighted by atomic mass is 10.1. The van der Waals surface area contributed by atoms with E-state index in [9.17, 15) is 4.39 Å². The quantitative estimate of drug-likeness (QED) is 0.472. The molecule has 0 spiro atoms. The van der Waals surface area contributed by atoms with E-state index in [0.717, 1.165) is 29.2 Å². The lowest BCUT2D eigenvalue weighted by Crippen LogP contribution is -2.38. The van der Waals surface area contributed by atoms with Gasteiger partial charge < -0.3 is 15.2 Å². The van der Waals surface area contributed by atoms with Crippen molar-refractivity contribution in [3.63, 3.8) is 0 Å². The molecule has 2 aromatic heterocycles. The van der Waals surface area contributed by atoms with Crippen LogP contribution in [0.15, 0.2) is 40.7 Å². The highest BCUT2D eigenvalue weighted by atomic mass is 32.1. The predicted molar refractivity (Wildman–Crippen MR) is 111 cm³/mol. The van der Waals surface area contributed by atoms with Gasteiger partial charge in [-0.2, -0.15) is 0 Å². The topological polar surface area (TPSA) is 67.1 Å². The molecule has 0 fully saturated rings. The summed E-state index contributed by atoms with van der Waals surface area (Å²) in [6.07, 6.45) is 0.787. The number of nitrogens with one attached hydrogen (secondary N) is 2. The van der Waals surface area contributed by atoms with Crippen LogP contribution in [0.4, 0.5) is 4.39 Å². The van der Waals surface area contributed by atoms with Gasteiger partial charge >= 0.3 is 0 Å². The molecule has 0 unspecified atom stereocenters. The van der Waals surface area contributed by atoms with Crippen LogP contribution in [-0.4, -0.2) is 27.3 Å². The number of nitrogens with zero attached hydrogens (tertiary/aromatic N) is 4. The molecule has 0 atom stereocenters. The van der Waals surface area contributed by atoms with E-state index >= 15 is 0 Å². The van der Waals surface area contributed by atoms with Crippen molar-refractivity contribution in [3.05, 3.63) is 69.2 Å². The van der Waals surface area contributed by atoms with E-state index in [1.807, 2.05) is 37.6 Å². The summed E-state index contributed by atoms with van der Waals surface area (Å²) in [5.41, 5.74) is 2.08. The third-order valence-corrected chi connectivity index (χ3v) is 5.44. The molecule has 0 bridgehead atoms. The molecule has 8 heteroatoms. The number of aliphatic imine (C=N–C) groups is 1. The van der Waals surface area contributed by atoms with Crippen molar-refractivity contribution >= 4 is 17.3 Å². The first-order chi connectivity index (χ1) is 13.5. The predicted octanol–water partition coefficient (Wildman–Crippen LogP) is 3.11. The van der Waals surface area contributed by atoms with Gasteiger partial charge in [0.15, 0.2) is 11.8 Å². The lowest BCUT2D eigenvalue weighted by Gasteiger charge is -2.13. The molecule has 2 heterocycles. The first-order valence-corrected chi connectivity index (χ1v) is 10.1. The van der Waals surface area contributed by atoms with E-state index in [4.69, 9.17) is 0 Å². The fraction of sp³-hybridized carbons (Fsp3) is 0.350. The Bertz CT molecular complexity index is 932. The summed E-state index contributed by atoms with van der Waals surface area (Å²) < 4.78 is 15.2. The number of hydrogen-bond donors (Lipinski definition) is 2. The normalized spacial score (nSPS) is 11.6. The van der Waals surface area contributed by atoms with Crippen molar-refractivity contribution in [2.24, 2.45) is 12.0 Å². The van der Waals surface area contributed by atoms with Crippen molar-refractivity contribution in [1.82, 2.24) is 25.4 Å². The van der Waals surface area contributed by atoms with Gasteiger partial charge in [-0.05, 0) is 55.0 Å². The van der Waals surface area contributed by atoms with Crippen molar-refractivity contribution in [1.29, 1.82) is 0 Å². The van der Waals surface area contributed by atoms with Gasteiger partial charge in [0.05, 0.1) is 6.54 Å². The number of thiophene rings is 1. The third-order valence-electron chi connectivity index (χ3n) is 4.56. The van der Waals surface area contributed by atoms with Gasteiger partial charge in [-0.3, -0.25) is 0 Å². The maximum atomic E-state index is 13.3. The van der Waals surface area contributed by atoms with E-state index in [1.165, 1.54) is 10.9 Å². The summed E-state index contributed by atoms with van der Waals surface area (Å²) in [6.45, 7) is 5.68. The molecule has 0 aliphatic rings. The minimum Gasteiger partial charge on any atom is -0.356 e. The SMILES string of the molecule is Cc1cc(F)ccc1CCNC(=NCc1nnc(C)n1C)NCc1cccs1. The molecule has 0 amide bonds. The Balaban J connectivity index is 1.62. The van der Waals surface area contributed by atoms with Crippen LogP contribution in [0.1, 0.15) is 27.7 Å². The molecule has 148 valence electrons. The standard InChI is InChI=1S/C20H25FN6S/c1-14-11-17(21)7-6-16(14)8-9-22-20(23-12-18-5-4-10-28-18)24-13-19-26-25-15(2)27(19)3/h4-7,10-11H,8-9,12-13H2,1-3H3,(H2,22,23,24). The van der Waals surface area contributed by atoms with Crippen molar-refractivity contribution < 1.29 is 4.39 Å². The first kappa shape index (κ1) is 20.0. The lowest BCUT2D eigenvalue weighted by molar-refractivity contribution is 0.625. The van der Waals surface area contributed by atoms with Crippen LogP contribution >= 0.6 is 11.3 Å². The van der Waals surface area contributed by atoms with Gasteiger partial charge in [0.1, 0.15) is 18.2 Å². The Morgan fingerprint density at radius 2 is 2.07 bits per heavy atom. The monoisotopic (exact) mass is 400 g/mol. The van der Waals surface area contributed by atoms with Gasteiger partial charge in [-0.1, -0.05) is 12.1 Å². The molecule has 1 aromatic carbocycles. The highest BCUT2D eigenvalue weighted by Gasteiger charge is 2.06. The smallest absolute Gasteiger partial charge is 0.192 e. The average Bonchev–Trinajstić information content (AvgIpc) is 3.30. The minimum absolute atomic E-state index is 0.201. The molecular weight excluding hydrogens is 375 g/mol. The summed E-state index contributed by atoms with van der Waals surface area (Å²) in [7, 11) is 1.93. The first-order valence-electron chi connectivity index (χ1n) is 9.17. The number of benzene rings is 1. The van der Waals surface area contributed by atoms with E-state index < -0.39 is 0 Å². The van der Waals surface area contributed by atoms with Crippen molar-refractivity contribution in [3.8, 4) is 0 Å². The van der Waals surface area contributed by atoms with Crippen LogP contribution in [0.25, 0.3) is 0 Å². The molecule has 0 aliphatic carbocycles. The van der Waals surface area contributed by atoms with E-state index in [2.05, 4.69) is 37.3 Å². The van der Waals surface area contributed by atoms with Crippen LogP contribution in [-0.2, 0) is 26.6 Å². The summed E-state index contributed by atoms with van der Waals surface area (Å²) in [6, 6.07) is 9.03. The number of rotatable bonds is 7. The van der Waals surface area contributed by atoms with E-state index in [-0.39, 0.29) is 5.82 Å². The number of aromatic nitrogens is 3. The van der Waals surface area contributed by atoms with Gasteiger partial charge in [-0.15, -0.1) is 21.5 Å². The minimum atomic E-state index is -0.201. The Hall–Kier alpha value is -2.74. The van der Waals surface area contributed by atoms with Crippen molar-refractivity contribution in [2.45, 2.75) is 33.4 Å². The molecule has 0 saturated heterocycles. The van der Waals surface area contributed by atoms with Crippen molar-refractivity contribution in [2.75, 3.05) is 6.54 Å². The third kappa shape index (κ3) is 5.39. The molecule has 0 aliphatic heterocycles. The Morgan fingerprint density at radius 3 is 2.75 bits per heavy atom. The second-order valence-corrected chi connectivity index (χ2v) is 7.60. The molecule has 28 heavy (non-hydrogen) atoms. The van der Waals surface area contributed by atoms with Crippen LogP contribution < -0.4 is 10.6 Å². The summed E-state index contributed by atoms with van der Waals surface area (Å²) in [4.78, 5) is 5.89. The molecule has 0 radical (unpaired) electrons. The zero-order valence-electron chi connectivity index (χ0n) is 16.4. The maximum absolute atomic E-state index is 13.3. The largest absolute Gasteiger partial charge is 0.356 e. The number of guanidine groups is 1. The Morgan fingerprint density at radius 1 is 1.21 bits per heavy atom. The van der Waals surface area contributed by atoms with Crippen LogP contribution in [0.3, 0.4) is 0 Å². The summed E-state index contributed by atoms with van der Waals surface area (Å²) in [5.74, 6) is 2.18. The second-order valence-electron chi connectivity index (χ2n) is 6.57. The van der Waals surface area contributed by atoms with Gasteiger partial charge in [0.2, 0.25) is 0 Å². The second kappa shape index (κ2) is 9.45. The van der Waals surface area contributed by atoms with E-state index in [1.54, 1.807) is 17.4 Å². The summed E-state index contributed by atoms with van der Waals surface area (Å²) in [5, 5.41) is 17.0. The number of hydrogen-bond acceptors (Lipinski definition) is 4. The summed E-state index contributed by atoms with van der Waals surface area (Å²) >= 11 is 1.70. The van der Waals surface area contributed by atoms with Gasteiger partial charge in [-0.25, -0.2) is 9.38 Å². The Kier molecular flexibility index (Phi) is 6.76. The molecule has 6 nitrogen and oxygen atoms in total. The fourth-order valence-electron chi connectivity index (χ4n) is 2.75. The number of aryl methyl sites for hydroxylation is 2. The van der Waals surface area contributed by atoms with Crippen LogP contribution in [0, 0.1) is 19.7 Å². The average molecular weight is 401 g/mol. The van der Waals surface area contributed by atoms with Crippen LogP contribution in [0.2, 0.25) is 0 Å². The highest BCUT2D eigenvalue weighted by Crippen LogP contribution is 2.10. The number of halogens is 1. The van der Waals surface area contributed by atoms with Crippen LogP contribution in [0.5, 0.6) is 0 Å². The zero-order valence-corrected chi connectivity index (χ0v) is 17.2. The fourth-order valence-corrected chi connectivity index (χ4v) is 3.40. The molecule has 2 N–H and O–H groups in total. The molecule has 0 saturated carbocycles.